The first-order valence-corrected chi connectivity index (χ1v) is 5.19. The maximum atomic E-state index is 8.99. The quantitative estimate of drug-likeness (QED) is 0.614. The van der Waals surface area contributed by atoms with Crippen LogP contribution in [0.25, 0.3) is 0 Å². The van der Waals surface area contributed by atoms with Crippen molar-refractivity contribution in [2.45, 2.75) is 13.3 Å². The lowest BCUT2D eigenvalue weighted by Gasteiger charge is -2.11. The van der Waals surface area contributed by atoms with Crippen LogP contribution in [-0.2, 0) is 6.42 Å². The van der Waals surface area contributed by atoms with Crippen LogP contribution >= 0.6 is 0 Å². The highest BCUT2D eigenvalue weighted by atomic mass is 16.5. The molecule has 0 fully saturated rings. The lowest BCUT2D eigenvalue weighted by atomic mass is 10.1. The van der Waals surface area contributed by atoms with Crippen molar-refractivity contribution in [1.29, 1.82) is 0 Å². The SMILES string of the molecule is COc1ccc2c(c1OC)CC(C)/C2=N\O. The summed E-state index contributed by atoms with van der Waals surface area (Å²) in [7, 11) is 3.24. The van der Waals surface area contributed by atoms with Crippen molar-refractivity contribution in [3.05, 3.63) is 23.3 Å². The normalized spacial score (nSPS) is 20.9. The number of hydrogen-bond acceptors (Lipinski definition) is 4. The summed E-state index contributed by atoms with van der Waals surface area (Å²) < 4.78 is 10.6. The third-order valence-corrected chi connectivity index (χ3v) is 3.01. The second-order valence-corrected chi connectivity index (χ2v) is 3.92. The highest BCUT2D eigenvalue weighted by Crippen LogP contribution is 2.40. The number of hydrogen-bond donors (Lipinski definition) is 1. The fourth-order valence-corrected chi connectivity index (χ4v) is 2.25. The average molecular weight is 221 g/mol. The summed E-state index contributed by atoms with van der Waals surface area (Å²) in [5.41, 5.74) is 2.73. The molecule has 86 valence electrons. The van der Waals surface area contributed by atoms with E-state index in [-0.39, 0.29) is 5.92 Å². The van der Waals surface area contributed by atoms with E-state index in [0.29, 0.717) is 5.75 Å². The summed E-state index contributed by atoms with van der Waals surface area (Å²) in [4.78, 5) is 0. The molecule has 0 aliphatic heterocycles. The third kappa shape index (κ3) is 1.41. The lowest BCUT2D eigenvalue weighted by Crippen LogP contribution is -2.05. The molecule has 1 aromatic rings. The van der Waals surface area contributed by atoms with E-state index in [1.54, 1.807) is 14.2 Å². The van der Waals surface area contributed by atoms with Gasteiger partial charge in [-0.3, -0.25) is 0 Å². The summed E-state index contributed by atoms with van der Waals surface area (Å²) in [5.74, 6) is 1.67. The van der Waals surface area contributed by atoms with E-state index in [0.717, 1.165) is 29.0 Å². The van der Waals surface area contributed by atoms with Gasteiger partial charge in [0.1, 0.15) is 0 Å². The molecule has 1 aromatic carbocycles. The molecule has 1 unspecified atom stereocenters. The summed E-state index contributed by atoms with van der Waals surface area (Å²) in [5, 5.41) is 12.4. The number of rotatable bonds is 2. The Labute approximate surface area is 94.5 Å². The molecule has 0 radical (unpaired) electrons. The van der Waals surface area contributed by atoms with Crippen LogP contribution in [0.4, 0.5) is 0 Å². The molecule has 1 N–H and O–H groups in total. The molecule has 0 saturated heterocycles. The highest BCUT2D eigenvalue weighted by Gasteiger charge is 2.30. The Hall–Kier alpha value is -1.71. The molecule has 0 heterocycles. The number of nitrogens with zero attached hydrogens (tertiary/aromatic N) is 1. The van der Waals surface area contributed by atoms with Gasteiger partial charge < -0.3 is 14.7 Å². The predicted molar refractivity (Wildman–Crippen MR) is 60.7 cm³/mol. The van der Waals surface area contributed by atoms with Gasteiger partial charge in [-0.15, -0.1) is 0 Å². The Morgan fingerprint density at radius 2 is 2.06 bits per heavy atom. The van der Waals surface area contributed by atoms with Crippen molar-refractivity contribution in [2.24, 2.45) is 11.1 Å². The first kappa shape index (κ1) is 10.8. The number of ether oxygens (including phenoxy) is 2. The van der Waals surface area contributed by atoms with Gasteiger partial charge in [0.2, 0.25) is 0 Å². The largest absolute Gasteiger partial charge is 0.493 e. The molecule has 0 amide bonds. The summed E-state index contributed by atoms with van der Waals surface area (Å²) in [6.45, 7) is 2.03. The van der Waals surface area contributed by atoms with E-state index < -0.39 is 0 Å². The minimum atomic E-state index is 0.209. The van der Waals surface area contributed by atoms with E-state index in [4.69, 9.17) is 14.7 Å². The van der Waals surface area contributed by atoms with Crippen molar-refractivity contribution >= 4 is 5.71 Å². The highest BCUT2D eigenvalue weighted by molar-refractivity contribution is 6.06. The Balaban J connectivity index is 2.60. The van der Waals surface area contributed by atoms with Crippen LogP contribution in [0.1, 0.15) is 18.1 Å². The van der Waals surface area contributed by atoms with Crippen LogP contribution < -0.4 is 9.47 Å². The van der Waals surface area contributed by atoms with Crippen molar-refractivity contribution in [3.8, 4) is 11.5 Å². The topological polar surface area (TPSA) is 51.0 Å². The monoisotopic (exact) mass is 221 g/mol. The van der Waals surface area contributed by atoms with Gasteiger partial charge in [0.25, 0.3) is 0 Å². The first-order chi connectivity index (χ1) is 7.72. The van der Waals surface area contributed by atoms with Crippen LogP contribution in [0.2, 0.25) is 0 Å². The van der Waals surface area contributed by atoms with Gasteiger partial charge in [-0.1, -0.05) is 12.1 Å². The minimum absolute atomic E-state index is 0.209. The Morgan fingerprint density at radius 1 is 1.31 bits per heavy atom. The molecule has 2 rings (SSSR count). The second kappa shape index (κ2) is 4.04. The Morgan fingerprint density at radius 3 is 2.62 bits per heavy atom. The zero-order valence-corrected chi connectivity index (χ0v) is 9.65. The summed E-state index contributed by atoms with van der Waals surface area (Å²) in [6.07, 6.45) is 0.815. The molecular formula is C12H15NO3. The van der Waals surface area contributed by atoms with E-state index in [9.17, 15) is 0 Å². The van der Waals surface area contributed by atoms with Crippen LogP contribution in [-0.4, -0.2) is 25.1 Å². The fraction of sp³-hybridized carbons (Fsp3) is 0.417. The van der Waals surface area contributed by atoms with Crippen LogP contribution in [0.15, 0.2) is 17.3 Å². The van der Waals surface area contributed by atoms with Gasteiger partial charge in [-0.05, 0) is 18.6 Å². The zero-order chi connectivity index (χ0) is 11.7. The van der Waals surface area contributed by atoms with Gasteiger partial charge in [0.15, 0.2) is 11.5 Å². The van der Waals surface area contributed by atoms with Crippen LogP contribution in [0, 0.1) is 5.92 Å². The van der Waals surface area contributed by atoms with E-state index in [1.807, 2.05) is 19.1 Å². The Bertz CT molecular complexity index is 440. The summed E-state index contributed by atoms with van der Waals surface area (Å²) in [6, 6.07) is 3.75. The zero-order valence-electron chi connectivity index (χ0n) is 9.65. The van der Waals surface area contributed by atoms with Gasteiger partial charge in [0, 0.05) is 17.0 Å². The first-order valence-electron chi connectivity index (χ1n) is 5.19. The van der Waals surface area contributed by atoms with Crippen molar-refractivity contribution in [2.75, 3.05) is 14.2 Å². The van der Waals surface area contributed by atoms with E-state index in [2.05, 4.69) is 5.16 Å². The predicted octanol–water partition coefficient (Wildman–Crippen LogP) is 2.07. The minimum Gasteiger partial charge on any atom is -0.493 e. The fourth-order valence-electron chi connectivity index (χ4n) is 2.25. The molecule has 4 nitrogen and oxygen atoms in total. The molecule has 1 aliphatic carbocycles. The molecule has 4 heteroatoms. The smallest absolute Gasteiger partial charge is 0.164 e. The number of fused-ring (bicyclic) bond motifs is 1. The molecule has 0 bridgehead atoms. The van der Waals surface area contributed by atoms with Crippen LogP contribution in [0.3, 0.4) is 0 Å². The number of methoxy groups -OCH3 is 2. The maximum Gasteiger partial charge on any atom is 0.164 e. The standard InChI is InChI=1S/C12H15NO3/c1-7-6-9-8(11(7)13-14)4-5-10(15-2)12(9)16-3/h4-5,7,14H,6H2,1-3H3/b13-11+. The molecule has 1 atom stereocenters. The van der Waals surface area contributed by atoms with Crippen molar-refractivity contribution < 1.29 is 14.7 Å². The molecule has 0 spiro atoms. The van der Waals surface area contributed by atoms with Gasteiger partial charge >= 0.3 is 0 Å². The molecule has 1 aliphatic rings. The van der Waals surface area contributed by atoms with Gasteiger partial charge in [0.05, 0.1) is 19.9 Å². The summed E-state index contributed by atoms with van der Waals surface area (Å²) >= 11 is 0. The van der Waals surface area contributed by atoms with Crippen LogP contribution in [0.5, 0.6) is 11.5 Å². The average Bonchev–Trinajstić information content (AvgIpc) is 2.62. The van der Waals surface area contributed by atoms with Gasteiger partial charge in [-0.25, -0.2) is 0 Å². The van der Waals surface area contributed by atoms with E-state index in [1.165, 1.54) is 0 Å². The van der Waals surface area contributed by atoms with Crippen molar-refractivity contribution in [1.82, 2.24) is 0 Å². The van der Waals surface area contributed by atoms with Gasteiger partial charge in [-0.2, -0.15) is 0 Å². The third-order valence-electron chi connectivity index (χ3n) is 3.01. The van der Waals surface area contributed by atoms with Crippen molar-refractivity contribution in [3.63, 3.8) is 0 Å². The lowest BCUT2D eigenvalue weighted by molar-refractivity contribution is 0.316. The second-order valence-electron chi connectivity index (χ2n) is 3.92. The molecule has 16 heavy (non-hydrogen) atoms. The molecule has 0 aromatic heterocycles. The number of oxime groups is 1. The molecule has 0 saturated carbocycles. The van der Waals surface area contributed by atoms with E-state index >= 15 is 0 Å². The number of benzene rings is 1. The molecular weight excluding hydrogens is 206 g/mol. The Kier molecular flexibility index (Phi) is 2.73. The maximum absolute atomic E-state index is 8.99.